The van der Waals surface area contributed by atoms with Crippen molar-refractivity contribution in [3.8, 4) is 0 Å². The lowest BCUT2D eigenvalue weighted by Crippen LogP contribution is -2.49. The smallest absolute Gasteiger partial charge is 0.247 e. The highest BCUT2D eigenvalue weighted by atomic mass is 32.2. The number of nitrogens with one attached hydrogen (secondary N) is 2. The van der Waals surface area contributed by atoms with Crippen LogP contribution in [0.1, 0.15) is 77.8 Å². The van der Waals surface area contributed by atoms with Gasteiger partial charge in [0.15, 0.2) is 0 Å². The van der Waals surface area contributed by atoms with Crippen LogP contribution in [-0.2, 0) is 26.1 Å². The average molecular weight is 543 g/mol. The van der Waals surface area contributed by atoms with Crippen molar-refractivity contribution in [3.63, 3.8) is 0 Å². The Labute approximate surface area is 227 Å². The molecule has 0 bridgehead atoms. The molecular weight excluding hydrogens is 503 g/mol. The highest BCUT2D eigenvalue weighted by Crippen LogP contribution is 2.42. The van der Waals surface area contributed by atoms with Crippen LogP contribution in [0.15, 0.2) is 42.7 Å². The summed E-state index contributed by atoms with van der Waals surface area (Å²) < 4.78 is 31.5. The highest BCUT2D eigenvalue weighted by molar-refractivity contribution is 7.84. The summed E-state index contributed by atoms with van der Waals surface area (Å²) in [4.78, 5) is 31.1. The van der Waals surface area contributed by atoms with Crippen LogP contribution in [0, 0.1) is 17.7 Å². The van der Waals surface area contributed by atoms with Gasteiger partial charge in [0.1, 0.15) is 11.9 Å². The van der Waals surface area contributed by atoms with Gasteiger partial charge in [-0.2, -0.15) is 0 Å². The number of rotatable bonds is 9. The molecule has 2 aliphatic rings. The summed E-state index contributed by atoms with van der Waals surface area (Å²) in [6.07, 6.45) is 7.85. The Morgan fingerprint density at radius 1 is 1.13 bits per heavy atom. The number of hydrogen-bond donors (Lipinski definition) is 2. The summed E-state index contributed by atoms with van der Waals surface area (Å²) >= 11 is 0. The summed E-state index contributed by atoms with van der Waals surface area (Å²) in [7, 11) is -1.44. The number of carbonyl (C=O) groups is 2. The molecule has 1 aromatic heterocycles. The van der Waals surface area contributed by atoms with E-state index in [1.807, 2.05) is 39.8 Å². The first-order chi connectivity index (χ1) is 17.9. The molecule has 4 rings (SSSR count). The van der Waals surface area contributed by atoms with Gasteiger partial charge in [-0.1, -0.05) is 25.8 Å². The maximum atomic E-state index is 15.1. The van der Waals surface area contributed by atoms with Crippen molar-refractivity contribution in [1.29, 1.82) is 0 Å². The average Bonchev–Trinajstić information content (AvgIpc) is 3.61. The Morgan fingerprint density at radius 3 is 2.42 bits per heavy atom. The normalized spacial score (nSPS) is 22.1. The lowest BCUT2D eigenvalue weighted by atomic mass is 9.79. The zero-order chi connectivity index (χ0) is 27.7. The Kier molecular flexibility index (Phi) is 8.37. The van der Waals surface area contributed by atoms with Gasteiger partial charge in [-0.15, -0.1) is 0 Å². The van der Waals surface area contributed by atoms with Crippen molar-refractivity contribution in [2.24, 2.45) is 11.8 Å². The molecule has 2 aromatic rings. The molecule has 1 aliphatic heterocycles. The van der Waals surface area contributed by atoms with Crippen LogP contribution in [0.5, 0.6) is 0 Å². The molecule has 0 radical (unpaired) electrons. The van der Waals surface area contributed by atoms with Crippen molar-refractivity contribution in [1.82, 2.24) is 14.6 Å². The Bertz CT molecular complexity index is 1200. The number of amides is 2. The maximum absolute atomic E-state index is 15.1. The molecule has 1 saturated heterocycles. The van der Waals surface area contributed by atoms with E-state index in [4.69, 9.17) is 0 Å². The number of aromatic nitrogens is 1. The first kappa shape index (κ1) is 28.4. The largest absolute Gasteiger partial charge is 0.331 e. The van der Waals surface area contributed by atoms with Crippen LogP contribution in [0.4, 0.5) is 10.1 Å². The van der Waals surface area contributed by atoms with Gasteiger partial charge in [0.25, 0.3) is 0 Å². The van der Waals surface area contributed by atoms with E-state index in [9.17, 15) is 13.8 Å². The quantitative estimate of drug-likeness (QED) is 0.472. The summed E-state index contributed by atoms with van der Waals surface area (Å²) in [6, 6.07) is 7.84. The third-order valence-electron chi connectivity index (χ3n) is 7.56. The zero-order valence-electron chi connectivity index (χ0n) is 22.9. The van der Waals surface area contributed by atoms with Gasteiger partial charge >= 0.3 is 0 Å². The predicted molar refractivity (Wildman–Crippen MR) is 148 cm³/mol. The van der Waals surface area contributed by atoms with Crippen LogP contribution in [0.25, 0.3) is 0 Å². The van der Waals surface area contributed by atoms with E-state index in [-0.39, 0.29) is 17.5 Å². The van der Waals surface area contributed by atoms with Gasteiger partial charge in [-0.25, -0.2) is 13.3 Å². The van der Waals surface area contributed by atoms with Gasteiger partial charge < -0.3 is 10.2 Å². The molecule has 206 valence electrons. The number of halogens is 1. The first-order valence-corrected chi connectivity index (χ1v) is 14.5. The number of anilines is 1. The summed E-state index contributed by atoms with van der Waals surface area (Å²) in [5, 5.41) is 2.76. The fourth-order valence-corrected chi connectivity index (χ4v) is 6.10. The van der Waals surface area contributed by atoms with Crippen LogP contribution in [-0.4, -0.2) is 43.2 Å². The molecule has 38 heavy (non-hydrogen) atoms. The van der Waals surface area contributed by atoms with E-state index in [2.05, 4.69) is 15.0 Å². The number of hydrogen-bond acceptors (Lipinski definition) is 4. The summed E-state index contributed by atoms with van der Waals surface area (Å²) in [5.41, 5.74) is 0.747. The fourth-order valence-electron chi connectivity index (χ4n) is 5.14. The van der Waals surface area contributed by atoms with Crippen LogP contribution in [0.2, 0.25) is 0 Å². The summed E-state index contributed by atoms with van der Waals surface area (Å²) in [6.45, 7) is 9.68. The molecule has 1 unspecified atom stereocenters. The Morgan fingerprint density at radius 2 is 1.82 bits per heavy atom. The van der Waals surface area contributed by atoms with E-state index in [1.165, 1.54) is 25.8 Å². The molecule has 2 fully saturated rings. The zero-order valence-corrected chi connectivity index (χ0v) is 23.7. The number of carbonyl (C=O) groups excluding carboxylic acids is 2. The van der Waals surface area contributed by atoms with Gasteiger partial charge in [0, 0.05) is 25.9 Å². The Hall–Kier alpha value is -2.65. The number of likely N-dealkylation sites (tertiary alicyclic amines) is 1. The molecule has 9 heteroatoms. The number of pyridine rings is 1. The minimum absolute atomic E-state index is 0.0451. The summed E-state index contributed by atoms with van der Waals surface area (Å²) in [5.74, 6) is -0.342. The van der Waals surface area contributed by atoms with Crippen LogP contribution < -0.4 is 10.0 Å². The molecule has 1 saturated carbocycles. The fraction of sp³-hybridized carbons (Fsp3) is 0.552. The SMILES string of the molecule is CC(=O)N1C[C@H](C)C[C@@H]1C(=O)Nc1cc(C(CCC2CC2)(N[S@](=O)C(C)(C)C)c2ccncc2)ccc1F. The van der Waals surface area contributed by atoms with Gasteiger partial charge in [0.2, 0.25) is 11.8 Å². The first-order valence-electron chi connectivity index (χ1n) is 13.4. The van der Waals surface area contributed by atoms with E-state index in [0.717, 1.165) is 12.0 Å². The molecule has 1 aliphatic carbocycles. The third-order valence-corrected chi connectivity index (χ3v) is 9.20. The van der Waals surface area contributed by atoms with Crippen molar-refractivity contribution in [2.45, 2.75) is 83.1 Å². The standard InChI is InChI=1S/C29H39FN4O3S/c1-19-16-26(34(18-19)20(2)35)27(36)32-25-17-23(8-9-24(25)30)29(13-10-21-6-7-21,22-11-14-31-15-12-22)33-38(37)28(3,4)5/h8-9,11-12,14-15,17,19,21,26,33H,6-7,10,13,16,18H2,1-5H3,(H,32,36)/t19-,26-,29?,38-/m1/s1. The van der Waals surface area contributed by atoms with Crippen molar-refractivity contribution in [3.05, 3.63) is 59.7 Å². The molecular formula is C29H39FN4O3S. The molecule has 1 aromatic carbocycles. The van der Waals surface area contributed by atoms with Crippen molar-refractivity contribution >= 4 is 28.5 Å². The second-order valence-electron chi connectivity index (χ2n) is 11.8. The molecule has 2 amide bonds. The second-order valence-corrected chi connectivity index (χ2v) is 13.8. The maximum Gasteiger partial charge on any atom is 0.247 e. The van der Waals surface area contributed by atoms with Gasteiger partial charge in [-0.3, -0.25) is 14.6 Å². The van der Waals surface area contributed by atoms with E-state index in [1.54, 1.807) is 29.4 Å². The molecule has 0 spiro atoms. The molecule has 2 N–H and O–H groups in total. The van der Waals surface area contributed by atoms with E-state index in [0.29, 0.717) is 30.9 Å². The Balaban J connectivity index is 1.74. The van der Waals surface area contributed by atoms with Crippen LogP contribution in [0.3, 0.4) is 0 Å². The van der Waals surface area contributed by atoms with Gasteiger partial charge in [-0.05, 0) is 87.3 Å². The minimum Gasteiger partial charge on any atom is -0.331 e. The van der Waals surface area contributed by atoms with E-state index < -0.39 is 39.0 Å². The van der Waals surface area contributed by atoms with Crippen molar-refractivity contribution < 1.29 is 18.2 Å². The highest BCUT2D eigenvalue weighted by Gasteiger charge is 2.41. The monoisotopic (exact) mass is 542 g/mol. The van der Waals surface area contributed by atoms with Crippen molar-refractivity contribution in [2.75, 3.05) is 11.9 Å². The lowest BCUT2D eigenvalue weighted by Gasteiger charge is -2.38. The number of benzene rings is 1. The third kappa shape index (κ3) is 6.31. The van der Waals surface area contributed by atoms with Crippen LogP contribution >= 0.6 is 0 Å². The lowest BCUT2D eigenvalue weighted by molar-refractivity contribution is -0.134. The molecule has 4 atom stereocenters. The molecule has 7 nitrogen and oxygen atoms in total. The second kappa shape index (κ2) is 11.2. The molecule has 2 heterocycles. The van der Waals surface area contributed by atoms with E-state index >= 15 is 4.39 Å². The minimum atomic E-state index is -1.44. The van der Waals surface area contributed by atoms with Gasteiger partial charge in [0.05, 0.1) is 27.0 Å². The number of nitrogens with zero attached hydrogens (tertiary/aromatic N) is 2. The predicted octanol–water partition coefficient (Wildman–Crippen LogP) is 4.90. The topological polar surface area (TPSA) is 91.4 Å².